The zero-order valence-electron chi connectivity index (χ0n) is 16.3. The van der Waals surface area contributed by atoms with Gasteiger partial charge in [0, 0.05) is 19.0 Å². The predicted octanol–water partition coefficient (Wildman–Crippen LogP) is 4.72. The average Bonchev–Trinajstić information content (AvgIpc) is 2.73. The number of benzene rings is 2. The van der Waals surface area contributed by atoms with Gasteiger partial charge in [0.2, 0.25) is 5.91 Å². The van der Waals surface area contributed by atoms with E-state index < -0.39 is 5.97 Å². The smallest absolute Gasteiger partial charge is 0.335 e. The molecule has 3 rings (SSSR count). The van der Waals surface area contributed by atoms with E-state index in [2.05, 4.69) is 29.2 Å². The maximum Gasteiger partial charge on any atom is 0.335 e. The summed E-state index contributed by atoms with van der Waals surface area (Å²) in [5.41, 5.74) is 2.39. The van der Waals surface area contributed by atoms with Crippen LogP contribution >= 0.6 is 0 Å². The number of piperidine rings is 1. The molecule has 2 aromatic rings. The lowest BCUT2D eigenvalue weighted by Gasteiger charge is -2.36. The zero-order valence-corrected chi connectivity index (χ0v) is 16.3. The van der Waals surface area contributed by atoms with E-state index in [1.807, 2.05) is 18.2 Å². The standard InChI is InChI=1S/C24H29NO3/c26-23(17-16-20-12-4-5-15-22(20)24(27)28)25-18-7-6-13-21(25)14-8-11-19-9-2-1-3-10-19/h1-5,9-10,12,15,21H,6-8,11,13-14,16-18H2,(H,27,28). The quantitative estimate of drug-likeness (QED) is 0.722. The maximum absolute atomic E-state index is 12.9. The molecule has 1 aliphatic heterocycles. The van der Waals surface area contributed by atoms with Crippen LogP contribution in [-0.4, -0.2) is 34.5 Å². The number of rotatable bonds is 8. The Bertz CT molecular complexity index is 787. The summed E-state index contributed by atoms with van der Waals surface area (Å²) in [6.07, 6.45) is 7.34. The van der Waals surface area contributed by atoms with Gasteiger partial charge in [-0.05, 0) is 62.1 Å². The summed E-state index contributed by atoms with van der Waals surface area (Å²) < 4.78 is 0. The molecule has 1 heterocycles. The van der Waals surface area contributed by atoms with E-state index in [0.29, 0.717) is 24.4 Å². The van der Waals surface area contributed by atoms with E-state index in [0.717, 1.165) is 44.2 Å². The summed E-state index contributed by atoms with van der Waals surface area (Å²) in [7, 11) is 0. The third kappa shape index (κ3) is 5.44. The third-order valence-electron chi connectivity index (χ3n) is 5.65. The number of likely N-dealkylation sites (tertiary alicyclic amines) is 1. The van der Waals surface area contributed by atoms with Gasteiger partial charge in [-0.1, -0.05) is 48.5 Å². The van der Waals surface area contributed by atoms with Gasteiger partial charge >= 0.3 is 5.97 Å². The Labute approximate surface area is 167 Å². The zero-order chi connectivity index (χ0) is 19.8. The van der Waals surface area contributed by atoms with Crippen LogP contribution in [0.15, 0.2) is 54.6 Å². The summed E-state index contributed by atoms with van der Waals surface area (Å²) in [4.78, 5) is 26.3. The molecule has 1 unspecified atom stereocenters. The Balaban J connectivity index is 1.54. The normalized spacial score (nSPS) is 16.7. The van der Waals surface area contributed by atoms with Crippen molar-refractivity contribution in [1.82, 2.24) is 4.90 Å². The minimum absolute atomic E-state index is 0.157. The molecule has 0 aromatic heterocycles. The molecule has 4 heteroatoms. The van der Waals surface area contributed by atoms with Crippen LogP contribution in [0, 0.1) is 0 Å². The molecule has 2 aromatic carbocycles. The molecular formula is C24H29NO3. The molecular weight excluding hydrogens is 350 g/mol. The summed E-state index contributed by atoms with van der Waals surface area (Å²) in [6.45, 7) is 0.829. The van der Waals surface area contributed by atoms with Gasteiger partial charge in [0.1, 0.15) is 0 Å². The number of carbonyl (C=O) groups is 2. The van der Waals surface area contributed by atoms with Crippen LogP contribution in [0.5, 0.6) is 0 Å². The van der Waals surface area contributed by atoms with Gasteiger partial charge in [-0.2, -0.15) is 0 Å². The molecule has 28 heavy (non-hydrogen) atoms. The van der Waals surface area contributed by atoms with Gasteiger partial charge in [0.15, 0.2) is 0 Å². The van der Waals surface area contributed by atoms with Crippen molar-refractivity contribution in [3.05, 3.63) is 71.3 Å². The molecule has 1 fully saturated rings. The van der Waals surface area contributed by atoms with E-state index >= 15 is 0 Å². The number of carboxylic acid groups (broad SMARTS) is 1. The molecule has 0 spiro atoms. The van der Waals surface area contributed by atoms with Crippen LogP contribution in [0.3, 0.4) is 0 Å². The molecule has 1 aliphatic rings. The Morgan fingerprint density at radius 2 is 1.71 bits per heavy atom. The van der Waals surface area contributed by atoms with Crippen molar-refractivity contribution in [3.8, 4) is 0 Å². The van der Waals surface area contributed by atoms with E-state index in [1.165, 1.54) is 12.0 Å². The number of carbonyl (C=O) groups excluding carboxylic acids is 1. The summed E-state index contributed by atoms with van der Waals surface area (Å²) in [5, 5.41) is 9.32. The van der Waals surface area contributed by atoms with Gasteiger partial charge in [-0.3, -0.25) is 4.79 Å². The molecule has 1 amide bonds. The van der Waals surface area contributed by atoms with E-state index in [-0.39, 0.29) is 5.91 Å². The van der Waals surface area contributed by atoms with Gasteiger partial charge < -0.3 is 10.0 Å². The van der Waals surface area contributed by atoms with Crippen LogP contribution in [0.2, 0.25) is 0 Å². The molecule has 0 bridgehead atoms. The summed E-state index contributed by atoms with van der Waals surface area (Å²) in [5.74, 6) is -0.774. The van der Waals surface area contributed by atoms with E-state index in [1.54, 1.807) is 12.1 Å². The highest BCUT2D eigenvalue weighted by molar-refractivity contribution is 5.89. The Hall–Kier alpha value is -2.62. The predicted molar refractivity (Wildman–Crippen MR) is 110 cm³/mol. The van der Waals surface area contributed by atoms with Crippen LogP contribution in [-0.2, 0) is 17.6 Å². The molecule has 0 saturated carbocycles. The molecule has 1 saturated heterocycles. The highest BCUT2D eigenvalue weighted by Crippen LogP contribution is 2.23. The van der Waals surface area contributed by atoms with Crippen molar-refractivity contribution < 1.29 is 14.7 Å². The van der Waals surface area contributed by atoms with Crippen molar-refractivity contribution in [2.24, 2.45) is 0 Å². The van der Waals surface area contributed by atoms with Crippen LogP contribution in [0.25, 0.3) is 0 Å². The number of nitrogens with zero attached hydrogens (tertiary/aromatic N) is 1. The maximum atomic E-state index is 12.9. The minimum atomic E-state index is -0.931. The molecule has 1 N–H and O–H groups in total. The number of hydrogen-bond acceptors (Lipinski definition) is 2. The highest BCUT2D eigenvalue weighted by atomic mass is 16.4. The SMILES string of the molecule is O=C(O)c1ccccc1CCC(=O)N1CCCCC1CCCc1ccccc1. The molecule has 1 atom stereocenters. The van der Waals surface area contributed by atoms with Gasteiger partial charge in [-0.25, -0.2) is 4.79 Å². The second-order valence-electron chi connectivity index (χ2n) is 7.58. The largest absolute Gasteiger partial charge is 0.478 e. The number of hydrogen-bond donors (Lipinski definition) is 1. The first-order valence-electron chi connectivity index (χ1n) is 10.3. The number of carboxylic acids is 1. The van der Waals surface area contributed by atoms with Gasteiger partial charge in [0.05, 0.1) is 5.56 Å². The fourth-order valence-electron chi connectivity index (χ4n) is 4.15. The van der Waals surface area contributed by atoms with Crippen LogP contribution < -0.4 is 0 Å². The van der Waals surface area contributed by atoms with E-state index in [9.17, 15) is 14.7 Å². The number of aryl methyl sites for hydroxylation is 2. The van der Waals surface area contributed by atoms with Crippen LogP contribution in [0.1, 0.15) is 60.0 Å². The van der Waals surface area contributed by atoms with Crippen molar-refractivity contribution >= 4 is 11.9 Å². The van der Waals surface area contributed by atoms with Crippen molar-refractivity contribution in [2.45, 2.75) is 57.4 Å². The van der Waals surface area contributed by atoms with Crippen molar-refractivity contribution in [2.75, 3.05) is 6.54 Å². The molecule has 148 valence electrons. The number of aromatic carboxylic acids is 1. The lowest BCUT2D eigenvalue weighted by atomic mass is 9.95. The first kappa shape index (κ1) is 20.1. The van der Waals surface area contributed by atoms with Crippen molar-refractivity contribution in [3.63, 3.8) is 0 Å². The highest BCUT2D eigenvalue weighted by Gasteiger charge is 2.26. The first-order chi connectivity index (χ1) is 13.6. The molecule has 0 aliphatic carbocycles. The minimum Gasteiger partial charge on any atom is -0.478 e. The van der Waals surface area contributed by atoms with Crippen molar-refractivity contribution in [1.29, 1.82) is 0 Å². The topological polar surface area (TPSA) is 57.6 Å². The first-order valence-corrected chi connectivity index (χ1v) is 10.3. The molecule has 0 radical (unpaired) electrons. The van der Waals surface area contributed by atoms with Gasteiger partial charge in [-0.15, -0.1) is 0 Å². The Morgan fingerprint density at radius 3 is 2.50 bits per heavy atom. The number of amides is 1. The molecule has 4 nitrogen and oxygen atoms in total. The average molecular weight is 380 g/mol. The lowest BCUT2D eigenvalue weighted by molar-refractivity contribution is -0.135. The fourth-order valence-corrected chi connectivity index (χ4v) is 4.15. The second-order valence-corrected chi connectivity index (χ2v) is 7.58. The lowest BCUT2D eigenvalue weighted by Crippen LogP contribution is -2.43. The summed E-state index contributed by atoms with van der Waals surface area (Å²) in [6, 6.07) is 17.8. The Kier molecular flexibility index (Phi) is 7.24. The third-order valence-corrected chi connectivity index (χ3v) is 5.65. The Morgan fingerprint density at radius 1 is 0.964 bits per heavy atom. The summed E-state index contributed by atoms with van der Waals surface area (Å²) >= 11 is 0. The second kappa shape index (κ2) is 10.1. The van der Waals surface area contributed by atoms with Crippen LogP contribution in [0.4, 0.5) is 0 Å². The monoisotopic (exact) mass is 379 g/mol. The fraction of sp³-hybridized carbons (Fsp3) is 0.417. The van der Waals surface area contributed by atoms with E-state index in [4.69, 9.17) is 0 Å². The van der Waals surface area contributed by atoms with Gasteiger partial charge in [0.25, 0.3) is 0 Å².